The second-order valence-corrected chi connectivity index (χ2v) is 8.11. The number of rotatable bonds is 3. The minimum absolute atomic E-state index is 0.179. The molecule has 0 saturated carbocycles. The predicted molar refractivity (Wildman–Crippen MR) is 125 cm³/mol. The standard InChI is InChI=1S/C25H21ClN4O/c1-15-11-13-17(14-12-15)28-24(31)22-16(2)27-25-29-20-9-5-6-10-21(20)30(25)23(22)18-7-3-4-8-19(18)26/h3-14,23H,1-2H3,(H,27,29)(H,28,31)/t23-/m0/s1. The Kier molecular flexibility index (Phi) is 4.75. The Bertz CT molecular complexity index is 1340. The number of nitrogens with zero attached hydrogens (tertiary/aromatic N) is 2. The van der Waals surface area contributed by atoms with Crippen LogP contribution in [0.15, 0.2) is 84.1 Å². The average molecular weight is 429 g/mol. The highest BCUT2D eigenvalue weighted by Gasteiger charge is 2.35. The molecule has 0 saturated heterocycles. The van der Waals surface area contributed by atoms with Crippen molar-refractivity contribution in [1.82, 2.24) is 9.55 Å². The number of allylic oxidation sites excluding steroid dienone is 1. The highest BCUT2D eigenvalue weighted by atomic mass is 35.5. The maximum atomic E-state index is 13.5. The van der Waals surface area contributed by atoms with Crippen molar-refractivity contribution in [1.29, 1.82) is 0 Å². The van der Waals surface area contributed by atoms with Crippen molar-refractivity contribution in [2.24, 2.45) is 0 Å². The van der Waals surface area contributed by atoms with Crippen LogP contribution in [0.1, 0.15) is 24.1 Å². The van der Waals surface area contributed by atoms with Crippen molar-refractivity contribution in [3.05, 3.63) is 100 Å². The first-order chi connectivity index (χ1) is 15.0. The van der Waals surface area contributed by atoms with Crippen LogP contribution >= 0.6 is 11.6 Å². The summed E-state index contributed by atoms with van der Waals surface area (Å²) in [5, 5.41) is 6.97. The van der Waals surface area contributed by atoms with Gasteiger partial charge in [-0.3, -0.25) is 9.36 Å². The molecule has 6 heteroatoms. The molecule has 0 bridgehead atoms. The van der Waals surface area contributed by atoms with E-state index < -0.39 is 6.04 Å². The number of carbonyl (C=O) groups is 1. The van der Waals surface area contributed by atoms with Crippen molar-refractivity contribution < 1.29 is 4.79 Å². The number of benzene rings is 3. The summed E-state index contributed by atoms with van der Waals surface area (Å²) in [6.07, 6.45) is 0. The molecule has 1 aliphatic rings. The normalized spacial score (nSPS) is 15.5. The van der Waals surface area contributed by atoms with Gasteiger partial charge in [0.05, 0.1) is 22.6 Å². The van der Waals surface area contributed by atoms with Gasteiger partial charge in [0, 0.05) is 16.4 Å². The molecule has 154 valence electrons. The molecule has 31 heavy (non-hydrogen) atoms. The Morgan fingerprint density at radius 2 is 1.71 bits per heavy atom. The monoisotopic (exact) mass is 428 g/mol. The summed E-state index contributed by atoms with van der Waals surface area (Å²) in [5.74, 6) is 0.512. The summed E-state index contributed by atoms with van der Waals surface area (Å²) in [5.41, 5.74) is 5.87. The number of aromatic nitrogens is 2. The van der Waals surface area contributed by atoms with E-state index >= 15 is 0 Å². The lowest BCUT2D eigenvalue weighted by Gasteiger charge is -2.31. The molecule has 2 N–H and O–H groups in total. The third kappa shape index (κ3) is 3.37. The molecule has 2 heterocycles. The number of carbonyl (C=O) groups excluding carboxylic acids is 1. The molecule has 0 fully saturated rings. The lowest BCUT2D eigenvalue weighted by molar-refractivity contribution is -0.113. The van der Waals surface area contributed by atoms with E-state index in [4.69, 9.17) is 16.6 Å². The summed E-state index contributed by atoms with van der Waals surface area (Å²) in [4.78, 5) is 18.3. The zero-order valence-corrected chi connectivity index (χ0v) is 17.9. The van der Waals surface area contributed by atoms with Gasteiger partial charge >= 0.3 is 0 Å². The number of hydrogen-bond acceptors (Lipinski definition) is 3. The number of hydrogen-bond donors (Lipinski definition) is 2. The molecular weight excluding hydrogens is 408 g/mol. The van der Waals surface area contributed by atoms with Crippen LogP contribution in [-0.2, 0) is 4.79 Å². The lowest BCUT2D eigenvalue weighted by Crippen LogP contribution is -2.31. The fourth-order valence-electron chi connectivity index (χ4n) is 4.08. The molecule has 5 nitrogen and oxygen atoms in total. The maximum absolute atomic E-state index is 13.5. The zero-order valence-electron chi connectivity index (χ0n) is 17.2. The van der Waals surface area contributed by atoms with Crippen LogP contribution in [0.5, 0.6) is 0 Å². The van der Waals surface area contributed by atoms with E-state index in [0.29, 0.717) is 16.5 Å². The first-order valence-electron chi connectivity index (χ1n) is 10.1. The van der Waals surface area contributed by atoms with Gasteiger partial charge in [-0.1, -0.05) is 59.6 Å². The van der Waals surface area contributed by atoms with Crippen LogP contribution in [0.25, 0.3) is 11.0 Å². The zero-order chi connectivity index (χ0) is 21.5. The van der Waals surface area contributed by atoms with Gasteiger partial charge in [-0.15, -0.1) is 0 Å². The van der Waals surface area contributed by atoms with E-state index in [1.165, 1.54) is 0 Å². The lowest BCUT2D eigenvalue weighted by atomic mass is 9.94. The number of anilines is 2. The van der Waals surface area contributed by atoms with Crippen molar-refractivity contribution >= 4 is 40.2 Å². The molecule has 3 aromatic carbocycles. The Morgan fingerprint density at radius 3 is 2.48 bits per heavy atom. The highest BCUT2D eigenvalue weighted by Crippen LogP contribution is 2.41. The molecule has 1 aliphatic heterocycles. The molecule has 0 unspecified atom stereocenters. The van der Waals surface area contributed by atoms with Gasteiger partial charge in [0.25, 0.3) is 5.91 Å². The second kappa shape index (κ2) is 7.60. The smallest absolute Gasteiger partial charge is 0.255 e. The number of nitrogens with one attached hydrogen (secondary N) is 2. The van der Waals surface area contributed by atoms with Crippen molar-refractivity contribution in [3.8, 4) is 0 Å². The second-order valence-electron chi connectivity index (χ2n) is 7.70. The van der Waals surface area contributed by atoms with E-state index in [-0.39, 0.29) is 5.91 Å². The largest absolute Gasteiger partial charge is 0.329 e. The Hall–Kier alpha value is -3.57. The topological polar surface area (TPSA) is 59.0 Å². The number of aryl methyl sites for hydroxylation is 1. The molecule has 1 atom stereocenters. The van der Waals surface area contributed by atoms with Crippen LogP contribution in [0, 0.1) is 6.92 Å². The molecule has 5 rings (SSSR count). The summed E-state index contributed by atoms with van der Waals surface area (Å²) < 4.78 is 2.05. The molecule has 0 aliphatic carbocycles. The molecule has 4 aromatic rings. The molecule has 0 radical (unpaired) electrons. The van der Waals surface area contributed by atoms with E-state index in [1.807, 2.05) is 91.2 Å². The number of imidazole rings is 1. The Balaban J connectivity index is 1.67. The summed E-state index contributed by atoms with van der Waals surface area (Å²) in [6.45, 7) is 3.92. The van der Waals surface area contributed by atoms with Crippen LogP contribution < -0.4 is 10.6 Å². The van der Waals surface area contributed by atoms with Crippen molar-refractivity contribution in [2.45, 2.75) is 19.9 Å². The fourth-order valence-corrected chi connectivity index (χ4v) is 4.32. The first kappa shape index (κ1) is 19.4. The summed E-state index contributed by atoms with van der Waals surface area (Å²) in [7, 11) is 0. The van der Waals surface area contributed by atoms with Gasteiger partial charge in [-0.05, 0) is 49.7 Å². The number of halogens is 1. The van der Waals surface area contributed by atoms with E-state index in [1.54, 1.807) is 0 Å². The summed E-state index contributed by atoms with van der Waals surface area (Å²) in [6, 6.07) is 22.9. The minimum Gasteiger partial charge on any atom is -0.329 e. The third-order valence-electron chi connectivity index (χ3n) is 5.58. The molecular formula is C25H21ClN4O. The van der Waals surface area contributed by atoms with Gasteiger partial charge < -0.3 is 10.6 Å². The van der Waals surface area contributed by atoms with Gasteiger partial charge in [0.15, 0.2) is 0 Å². The van der Waals surface area contributed by atoms with Crippen molar-refractivity contribution in [2.75, 3.05) is 10.6 Å². The van der Waals surface area contributed by atoms with Crippen LogP contribution in [0.3, 0.4) is 0 Å². The van der Waals surface area contributed by atoms with Crippen molar-refractivity contribution in [3.63, 3.8) is 0 Å². The predicted octanol–water partition coefficient (Wildman–Crippen LogP) is 5.93. The maximum Gasteiger partial charge on any atom is 0.255 e. The van der Waals surface area contributed by atoms with Gasteiger partial charge in [0.2, 0.25) is 5.95 Å². The van der Waals surface area contributed by atoms with Gasteiger partial charge in [-0.2, -0.15) is 0 Å². The SMILES string of the molecule is CC1=C(C(=O)Nc2ccc(C)cc2)[C@H](c2ccccc2Cl)n2c(nc3ccccc32)N1. The number of para-hydroxylation sites is 2. The average Bonchev–Trinajstić information content (AvgIpc) is 3.12. The Morgan fingerprint density at radius 1 is 1.00 bits per heavy atom. The van der Waals surface area contributed by atoms with E-state index in [9.17, 15) is 4.79 Å². The first-order valence-corrected chi connectivity index (χ1v) is 10.5. The molecule has 1 aromatic heterocycles. The van der Waals surface area contributed by atoms with E-state index in [0.717, 1.165) is 33.5 Å². The van der Waals surface area contributed by atoms with Gasteiger partial charge in [-0.25, -0.2) is 4.98 Å². The van der Waals surface area contributed by atoms with Crippen LogP contribution in [0.4, 0.5) is 11.6 Å². The van der Waals surface area contributed by atoms with Crippen LogP contribution in [0.2, 0.25) is 5.02 Å². The fraction of sp³-hybridized carbons (Fsp3) is 0.120. The minimum atomic E-state index is -0.414. The van der Waals surface area contributed by atoms with E-state index in [2.05, 4.69) is 10.6 Å². The van der Waals surface area contributed by atoms with Crippen LogP contribution in [-0.4, -0.2) is 15.5 Å². The number of amides is 1. The Labute approximate surface area is 185 Å². The molecule has 1 amide bonds. The highest BCUT2D eigenvalue weighted by molar-refractivity contribution is 6.31. The van der Waals surface area contributed by atoms with Gasteiger partial charge in [0.1, 0.15) is 0 Å². The summed E-state index contributed by atoms with van der Waals surface area (Å²) >= 11 is 6.63. The number of fused-ring (bicyclic) bond motifs is 3. The third-order valence-corrected chi connectivity index (χ3v) is 5.93. The quantitative estimate of drug-likeness (QED) is 0.425. The molecule has 0 spiro atoms.